The lowest BCUT2D eigenvalue weighted by molar-refractivity contribution is -0.183. The van der Waals surface area contributed by atoms with Gasteiger partial charge in [-0.15, -0.1) is 0 Å². The number of carbonyl (C=O) groups excluding carboxylic acids is 5. The molecule has 0 aliphatic carbocycles. The molecule has 46 heavy (non-hydrogen) atoms. The van der Waals surface area contributed by atoms with Gasteiger partial charge in [0.25, 0.3) is 0 Å². The van der Waals surface area contributed by atoms with Crippen LogP contribution in [-0.4, -0.2) is 76.1 Å². The number of alkyl halides is 4. The Kier molecular flexibility index (Phi) is 15.0. The van der Waals surface area contributed by atoms with Gasteiger partial charge in [0.2, 0.25) is 0 Å². The normalized spacial score (nSPS) is 15.4. The molecule has 0 aliphatic heterocycles. The lowest BCUT2D eigenvalue weighted by Gasteiger charge is -2.30. The number of ether oxygens (including phenoxy) is 5. The van der Waals surface area contributed by atoms with Crippen LogP contribution in [-0.2, 0) is 47.7 Å². The van der Waals surface area contributed by atoms with Crippen molar-refractivity contribution in [3.8, 4) is 0 Å². The van der Waals surface area contributed by atoms with E-state index in [9.17, 15) is 37.1 Å². The molecule has 1 aromatic rings. The summed E-state index contributed by atoms with van der Waals surface area (Å²) < 4.78 is 63.0. The van der Waals surface area contributed by atoms with Crippen molar-refractivity contribution < 1.29 is 60.8 Å². The SMILES string of the molecule is CC(=O)OC(C)C(=O)OC(C)C(=O)OCC(C)(COC(=O)C(C)(C)CC(Br)c1ccc([Si](C)(C)C)cc1)C(=O)OCCC(F)(F)F. The van der Waals surface area contributed by atoms with Crippen molar-refractivity contribution in [1.29, 1.82) is 0 Å². The average Bonchev–Trinajstić information content (AvgIpc) is 2.92. The Morgan fingerprint density at radius 2 is 1.33 bits per heavy atom. The summed E-state index contributed by atoms with van der Waals surface area (Å²) in [5.41, 5.74) is -2.04. The standard InChI is InChI=1S/C31H44BrF3O10Si/c1-19(45-26(38)20(2)44-21(3)36)25(37)42-17-30(6,28(40)41-15-14-31(33,34)35)18-43-27(39)29(4,5)16-24(32)22-10-12-23(13-11-22)46(7,8)9/h10-13,19-20,24H,14-18H2,1-9H3. The molecule has 1 rings (SSSR count). The van der Waals surface area contributed by atoms with Gasteiger partial charge in [0.1, 0.15) is 18.6 Å². The van der Waals surface area contributed by atoms with Gasteiger partial charge in [-0.2, -0.15) is 13.2 Å². The summed E-state index contributed by atoms with van der Waals surface area (Å²) in [6, 6.07) is 8.12. The number of carbonyl (C=O) groups is 5. The highest BCUT2D eigenvalue weighted by atomic mass is 79.9. The first-order chi connectivity index (χ1) is 20.9. The summed E-state index contributed by atoms with van der Waals surface area (Å²) in [5, 5.41) is 1.28. The molecule has 0 heterocycles. The summed E-state index contributed by atoms with van der Waals surface area (Å²) in [7, 11) is -1.50. The zero-order chi connectivity index (χ0) is 35.7. The maximum Gasteiger partial charge on any atom is 0.392 e. The molecule has 260 valence electrons. The lowest BCUT2D eigenvalue weighted by Crippen LogP contribution is -2.43. The predicted molar refractivity (Wildman–Crippen MR) is 168 cm³/mol. The topological polar surface area (TPSA) is 132 Å². The molecule has 0 spiro atoms. The second kappa shape index (κ2) is 16.8. The van der Waals surface area contributed by atoms with Gasteiger partial charge in [-0.25, -0.2) is 9.59 Å². The van der Waals surface area contributed by atoms with Crippen molar-refractivity contribution in [2.45, 2.75) is 97.2 Å². The van der Waals surface area contributed by atoms with Crippen LogP contribution in [0.1, 0.15) is 64.8 Å². The van der Waals surface area contributed by atoms with E-state index in [4.69, 9.17) is 23.7 Å². The minimum Gasteiger partial charge on any atom is -0.465 e. The summed E-state index contributed by atoms with van der Waals surface area (Å²) in [6.07, 6.45) is -8.53. The molecule has 1 aromatic carbocycles. The van der Waals surface area contributed by atoms with Crippen LogP contribution in [0.5, 0.6) is 0 Å². The summed E-state index contributed by atoms with van der Waals surface area (Å²) in [6.45, 7) is 12.2. The first-order valence-corrected chi connectivity index (χ1v) is 19.0. The Bertz CT molecular complexity index is 1230. The summed E-state index contributed by atoms with van der Waals surface area (Å²) in [4.78, 5) is 61.6. The fraction of sp³-hybridized carbons (Fsp3) is 0.645. The van der Waals surface area contributed by atoms with Crippen molar-refractivity contribution in [2.75, 3.05) is 19.8 Å². The van der Waals surface area contributed by atoms with E-state index >= 15 is 0 Å². The van der Waals surface area contributed by atoms with Crippen LogP contribution < -0.4 is 5.19 Å². The van der Waals surface area contributed by atoms with E-state index < -0.39 is 93.4 Å². The van der Waals surface area contributed by atoms with Crippen LogP contribution in [0.25, 0.3) is 0 Å². The number of esters is 5. The third-order valence-corrected chi connectivity index (χ3v) is 9.76. The quantitative estimate of drug-likeness (QED) is 0.0920. The van der Waals surface area contributed by atoms with Gasteiger partial charge in [-0.3, -0.25) is 14.4 Å². The Morgan fingerprint density at radius 1 is 0.804 bits per heavy atom. The second-order valence-corrected chi connectivity index (χ2v) is 19.2. The average molecular weight is 742 g/mol. The Balaban J connectivity index is 2.99. The van der Waals surface area contributed by atoms with Crippen LogP contribution >= 0.6 is 15.9 Å². The molecule has 0 bridgehead atoms. The molecule has 4 unspecified atom stereocenters. The van der Waals surface area contributed by atoms with Crippen molar-refractivity contribution in [3.05, 3.63) is 29.8 Å². The van der Waals surface area contributed by atoms with E-state index in [-0.39, 0.29) is 4.83 Å². The number of hydrogen-bond acceptors (Lipinski definition) is 10. The van der Waals surface area contributed by atoms with E-state index in [1.54, 1.807) is 13.8 Å². The molecule has 0 fully saturated rings. The van der Waals surface area contributed by atoms with Gasteiger partial charge in [-0.1, -0.05) is 65.0 Å². The van der Waals surface area contributed by atoms with Crippen LogP contribution in [0.15, 0.2) is 24.3 Å². The Morgan fingerprint density at radius 3 is 1.83 bits per heavy atom. The molecule has 10 nitrogen and oxygen atoms in total. The van der Waals surface area contributed by atoms with E-state index in [0.717, 1.165) is 19.4 Å². The summed E-state index contributed by atoms with van der Waals surface area (Å²) in [5.74, 6) is -4.82. The molecule has 4 atom stereocenters. The Hall–Kier alpha value is -2.94. The van der Waals surface area contributed by atoms with Gasteiger partial charge in [0.05, 0.1) is 26.5 Å². The minimum absolute atomic E-state index is 0.224. The number of halogens is 4. The highest BCUT2D eigenvalue weighted by Crippen LogP contribution is 2.37. The fourth-order valence-electron chi connectivity index (χ4n) is 3.82. The molecule has 0 saturated heterocycles. The van der Waals surface area contributed by atoms with Crippen LogP contribution in [0.4, 0.5) is 13.2 Å². The first-order valence-electron chi connectivity index (χ1n) is 14.6. The molecule has 0 aromatic heterocycles. The van der Waals surface area contributed by atoms with Crippen molar-refractivity contribution in [1.82, 2.24) is 0 Å². The van der Waals surface area contributed by atoms with Gasteiger partial charge in [-0.05, 0) is 46.6 Å². The second-order valence-electron chi connectivity index (χ2n) is 13.0. The molecule has 0 saturated carbocycles. The smallest absolute Gasteiger partial charge is 0.392 e. The van der Waals surface area contributed by atoms with Gasteiger partial charge in [0.15, 0.2) is 12.2 Å². The number of benzene rings is 1. The molecule has 0 aliphatic rings. The molecule has 0 N–H and O–H groups in total. The third-order valence-electron chi connectivity index (χ3n) is 6.85. The van der Waals surface area contributed by atoms with E-state index in [2.05, 4.69) is 47.7 Å². The summed E-state index contributed by atoms with van der Waals surface area (Å²) >= 11 is 3.63. The predicted octanol–water partition coefficient (Wildman–Crippen LogP) is 5.56. The van der Waals surface area contributed by atoms with Crippen molar-refractivity contribution in [2.24, 2.45) is 10.8 Å². The van der Waals surface area contributed by atoms with Gasteiger partial charge in [0, 0.05) is 11.8 Å². The van der Waals surface area contributed by atoms with Crippen molar-refractivity contribution in [3.63, 3.8) is 0 Å². The maximum atomic E-state index is 13.2. The maximum absolute atomic E-state index is 13.2. The first kappa shape index (κ1) is 41.1. The van der Waals surface area contributed by atoms with E-state index in [0.29, 0.717) is 6.42 Å². The number of hydrogen-bond donors (Lipinski definition) is 0. The molecule has 0 radical (unpaired) electrons. The van der Waals surface area contributed by atoms with Crippen LogP contribution in [0, 0.1) is 10.8 Å². The highest BCUT2D eigenvalue weighted by molar-refractivity contribution is 9.09. The van der Waals surface area contributed by atoms with E-state index in [1.807, 2.05) is 12.1 Å². The van der Waals surface area contributed by atoms with E-state index in [1.165, 1.54) is 19.0 Å². The van der Waals surface area contributed by atoms with Gasteiger partial charge >= 0.3 is 36.0 Å². The highest BCUT2D eigenvalue weighted by Gasteiger charge is 2.42. The lowest BCUT2D eigenvalue weighted by atomic mass is 9.86. The molecular weight excluding hydrogens is 697 g/mol. The van der Waals surface area contributed by atoms with Crippen molar-refractivity contribution >= 4 is 59.0 Å². The third kappa shape index (κ3) is 13.8. The van der Waals surface area contributed by atoms with Gasteiger partial charge < -0.3 is 23.7 Å². The molecule has 0 amide bonds. The minimum atomic E-state index is -4.59. The zero-order valence-electron chi connectivity index (χ0n) is 27.7. The molecule has 15 heteroatoms. The van der Waals surface area contributed by atoms with Crippen LogP contribution in [0.3, 0.4) is 0 Å². The number of rotatable bonds is 16. The van der Waals surface area contributed by atoms with Crippen LogP contribution in [0.2, 0.25) is 19.6 Å². The molecular formula is C31H44BrF3O10Si. The fourth-order valence-corrected chi connectivity index (χ4v) is 6.10. The largest absolute Gasteiger partial charge is 0.465 e. The monoisotopic (exact) mass is 740 g/mol. The zero-order valence-corrected chi connectivity index (χ0v) is 30.3. The Labute approximate surface area is 277 Å².